The van der Waals surface area contributed by atoms with E-state index in [0.717, 1.165) is 73.0 Å². The van der Waals surface area contributed by atoms with E-state index in [1.807, 2.05) is 31.2 Å². The van der Waals surface area contributed by atoms with Crippen LogP contribution in [-0.4, -0.2) is 48.8 Å². The van der Waals surface area contributed by atoms with Gasteiger partial charge in [-0.05, 0) is 31.0 Å². The molecule has 1 aliphatic heterocycles. The van der Waals surface area contributed by atoms with Crippen molar-refractivity contribution in [3.8, 4) is 6.07 Å². The number of nitriles is 1. The number of pyridine rings is 1. The van der Waals surface area contributed by atoms with Gasteiger partial charge in [-0.1, -0.05) is 18.2 Å². The Balaban J connectivity index is 1.80. The van der Waals surface area contributed by atoms with Gasteiger partial charge in [0.15, 0.2) is 5.65 Å². The van der Waals surface area contributed by atoms with E-state index in [9.17, 15) is 5.26 Å². The Morgan fingerprint density at radius 1 is 1.36 bits per heavy atom. The zero-order valence-electron chi connectivity index (χ0n) is 16.3. The number of allylic oxidation sites excluding steroid dienone is 1. The number of hydrogen-bond donors (Lipinski definition) is 2. The van der Waals surface area contributed by atoms with E-state index in [1.54, 1.807) is 4.90 Å². The number of para-hydroxylation sites is 2. The molecule has 0 bridgehead atoms. The number of imidazole rings is 1. The number of hydrogen-bond acceptors (Lipinski definition) is 4. The lowest BCUT2D eigenvalue weighted by Gasteiger charge is -2.24. The number of ether oxygens (including phenoxy) is 1. The number of nitrogens with one attached hydrogen (secondary N) is 2. The zero-order valence-corrected chi connectivity index (χ0v) is 16.3. The highest BCUT2D eigenvalue weighted by Crippen LogP contribution is 2.31. The Labute approximate surface area is 165 Å². The fraction of sp³-hybridized carbons (Fsp3) is 0.364. The van der Waals surface area contributed by atoms with Crippen molar-refractivity contribution in [2.24, 2.45) is 0 Å². The van der Waals surface area contributed by atoms with E-state index in [1.165, 1.54) is 0 Å². The maximum atomic E-state index is 9.81. The predicted molar refractivity (Wildman–Crippen MR) is 111 cm³/mol. The second kappa shape index (κ2) is 8.01. The minimum atomic E-state index is 0.636. The first-order valence-corrected chi connectivity index (χ1v) is 9.83. The molecule has 0 amide bonds. The molecule has 1 aliphatic rings. The van der Waals surface area contributed by atoms with Gasteiger partial charge in [-0.25, -0.2) is 4.98 Å². The van der Waals surface area contributed by atoms with Crippen LogP contribution in [0.5, 0.6) is 0 Å². The fourth-order valence-electron chi connectivity index (χ4n) is 4.03. The molecule has 0 atom stereocenters. The van der Waals surface area contributed by atoms with Crippen LogP contribution in [0.2, 0.25) is 0 Å². The van der Waals surface area contributed by atoms with Crippen LogP contribution >= 0.6 is 0 Å². The number of anilines is 1. The standard InChI is InChI=1S/C22H25N5O/c1-3-6-17-16(2)18(15-23)22-25-19-7-4-5-8-20(19)27(22)21(17)24-9-10-26-11-13-28-14-12-26/h3-5,7-8,24H,1,6,9-14H2,2H3/p+1. The second-order valence-electron chi connectivity index (χ2n) is 7.23. The molecule has 144 valence electrons. The third-order valence-electron chi connectivity index (χ3n) is 5.55. The molecule has 0 radical (unpaired) electrons. The molecule has 3 aromatic rings. The van der Waals surface area contributed by atoms with Crippen LogP contribution in [-0.2, 0) is 11.2 Å². The number of quaternary nitrogens is 1. The van der Waals surface area contributed by atoms with Gasteiger partial charge in [0.05, 0.1) is 42.9 Å². The first-order valence-electron chi connectivity index (χ1n) is 9.83. The zero-order chi connectivity index (χ0) is 19.5. The van der Waals surface area contributed by atoms with Crippen LogP contribution in [0.25, 0.3) is 16.7 Å². The molecule has 0 saturated carbocycles. The molecule has 6 heteroatoms. The summed E-state index contributed by atoms with van der Waals surface area (Å²) in [6, 6.07) is 10.4. The lowest BCUT2D eigenvalue weighted by Crippen LogP contribution is -3.14. The number of nitrogens with zero attached hydrogens (tertiary/aromatic N) is 3. The van der Waals surface area contributed by atoms with Crippen LogP contribution in [0.1, 0.15) is 16.7 Å². The Morgan fingerprint density at radius 2 is 2.14 bits per heavy atom. The summed E-state index contributed by atoms with van der Waals surface area (Å²) in [5.41, 5.74) is 5.36. The summed E-state index contributed by atoms with van der Waals surface area (Å²) >= 11 is 0. The molecular formula is C22H26N5O+. The maximum absolute atomic E-state index is 9.81. The van der Waals surface area contributed by atoms with Gasteiger partial charge in [-0.15, -0.1) is 6.58 Å². The Hall–Kier alpha value is -2.88. The molecule has 6 nitrogen and oxygen atoms in total. The SMILES string of the molecule is C=CCc1c(C)c(C#N)c2nc3ccccc3n2c1NCC[NH+]1CCOCC1. The number of rotatable bonds is 6. The average molecular weight is 376 g/mol. The summed E-state index contributed by atoms with van der Waals surface area (Å²) in [6.45, 7) is 11.6. The van der Waals surface area contributed by atoms with E-state index >= 15 is 0 Å². The number of fused-ring (bicyclic) bond motifs is 3. The normalized spacial score (nSPS) is 15.0. The van der Waals surface area contributed by atoms with Gasteiger partial charge in [0.1, 0.15) is 25.0 Å². The topological polar surface area (TPSA) is 66.8 Å². The van der Waals surface area contributed by atoms with Crippen LogP contribution in [0, 0.1) is 18.3 Å². The summed E-state index contributed by atoms with van der Waals surface area (Å²) in [5.74, 6) is 1.02. The number of benzene rings is 1. The second-order valence-corrected chi connectivity index (χ2v) is 7.23. The number of aromatic nitrogens is 2. The van der Waals surface area contributed by atoms with Crippen molar-refractivity contribution in [1.29, 1.82) is 5.26 Å². The molecule has 1 aromatic carbocycles. The molecule has 0 spiro atoms. The monoisotopic (exact) mass is 376 g/mol. The minimum absolute atomic E-state index is 0.636. The Morgan fingerprint density at radius 3 is 2.89 bits per heavy atom. The summed E-state index contributed by atoms with van der Waals surface area (Å²) < 4.78 is 7.56. The van der Waals surface area contributed by atoms with Gasteiger partial charge >= 0.3 is 0 Å². The quantitative estimate of drug-likeness (QED) is 0.643. The summed E-state index contributed by atoms with van der Waals surface area (Å²) in [4.78, 5) is 6.32. The van der Waals surface area contributed by atoms with Crippen LogP contribution < -0.4 is 10.2 Å². The van der Waals surface area contributed by atoms with Crippen LogP contribution in [0.3, 0.4) is 0 Å². The molecule has 0 unspecified atom stereocenters. The summed E-state index contributed by atoms with van der Waals surface area (Å²) in [7, 11) is 0. The summed E-state index contributed by atoms with van der Waals surface area (Å²) in [6.07, 6.45) is 2.60. The summed E-state index contributed by atoms with van der Waals surface area (Å²) in [5, 5.41) is 13.5. The molecule has 2 aromatic heterocycles. The van der Waals surface area contributed by atoms with Crippen LogP contribution in [0.4, 0.5) is 5.82 Å². The lowest BCUT2D eigenvalue weighted by molar-refractivity contribution is -0.906. The molecule has 3 heterocycles. The Kier molecular flexibility index (Phi) is 5.29. The third kappa shape index (κ3) is 3.24. The Bertz CT molecular complexity index is 1060. The minimum Gasteiger partial charge on any atom is -0.370 e. The van der Waals surface area contributed by atoms with E-state index < -0.39 is 0 Å². The van der Waals surface area contributed by atoms with Crippen molar-refractivity contribution in [2.45, 2.75) is 13.3 Å². The van der Waals surface area contributed by atoms with Gasteiger partial charge in [-0.3, -0.25) is 4.40 Å². The number of morpholine rings is 1. The van der Waals surface area contributed by atoms with Crippen molar-refractivity contribution in [3.05, 3.63) is 53.6 Å². The van der Waals surface area contributed by atoms with Crippen molar-refractivity contribution in [2.75, 3.05) is 44.7 Å². The molecule has 28 heavy (non-hydrogen) atoms. The predicted octanol–water partition coefficient (Wildman–Crippen LogP) is 1.72. The third-order valence-corrected chi connectivity index (χ3v) is 5.55. The highest BCUT2D eigenvalue weighted by molar-refractivity contribution is 5.86. The smallest absolute Gasteiger partial charge is 0.157 e. The fourth-order valence-corrected chi connectivity index (χ4v) is 4.03. The van der Waals surface area contributed by atoms with Gasteiger partial charge in [0.2, 0.25) is 0 Å². The van der Waals surface area contributed by atoms with Gasteiger partial charge in [0, 0.05) is 5.56 Å². The van der Waals surface area contributed by atoms with E-state index in [4.69, 9.17) is 9.72 Å². The average Bonchev–Trinajstić information content (AvgIpc) is 3.10. The van der Waals surface area contributed by atoms with Crippen molar-refractivity contribution < 1.29 is 9.64 Å². The lowest BCUT2D eigenvalue weighted by atomic mass is 10.0. The van der Waals surface area contributed by atoms with E-state index in [0.29, 0.717) is 12.0 Å². The molecular weight excluding hydrogens is 350 g/mol. The highest BCUT2D eigenvalue weighted by Gasteiger charge is 2.20. The van der Waals surface area contributed by atoms with Gasteiger partial charge < -0.3 is 15.0 Å². The molecule has 0 aliphatic carbocycles. The molecule has 1 saturated heterocycles. The van der Waals surface area contributed by atoms with Gasteiger partial charge in [-0.2, -0.15) is 5.26 Å². The van der Waals surface area contributed by atoms with E-state index in [-0.39, 0.29) is 0 Å². The molecule has 1 fully saturated rings. The van der Waals surface area contributed by atoms with Crippen molar-refractivity contribution in [3.63, 3.8) is 0 Å². The largest absolute Gasteiger partial charge is 0.370 e. The van der Waals surface area contributed by atoms with Crippen molar-refractivity contribution in [1.82, 2.24) is 9.38 Å². The van der Waals surface area contributed by atoms with E-state index in [2.05, 4.69) is 28.4 Å². The first-order chi connectivity index (χ1) is 13.7. The molecule has 4 rings (SSSR count). The van der Waals surface area contributed by atoms with Crippen LogP contribution in [0.15, 0.2) is 36.9 Å². The first kappa shape index (κ1) is 18.5. The van der Waals surface area contributed by atoms with Gasteiger partial charge in [0.25, 0.3) is 0 Å². The molecule has 2 N–H and O–H groups in total. The highest BCUT2D eigenvalue weighted by atomic mass is 16.5. The maximum Gasteiger partial charge on any atom is 0.157 e. The van der Waals surface area contributed by atoms with Crippen molar-refractivity contribution >= 4 is 22.5 Å².